The van der Waals surface area contributed by atoms with Crippen LogP contribution in [0.25, 0.3) is 0 Å². The summed E-state index contributed by atoms with van der Waals surface area (Å²) in [5.74, 6) is 0.148. The van der Waals surface area contributed by atoms with Crippen LogP contribution in [-0.4, -0.2) is 24.9 Å². The molecule has 2 amide bonds. The molecule has 0 heterocycles. The summed E-state index contributed by atoms with van der Waals surface area (Å²) in [4.78, 5) is 22.6. The first kappa shape index (κ1) is 16.5. The maximum Gasteiger partial charge on any atom is 0.220 e. The fourth-order valence-corrected chi connectivity index (χ4v) is 2.72. The van der Waals surface area contributed by atoms with E-state index < -0.39 is 0 Å². The Labute approximate surface area is 132 Å². The molecule has 0 atom stereocenters. The van der Waals surface area contributed by atoms with Crippen molar-refractivity contribution in [3.8, 4) is 0 Å². The molecule has 0 aliphatic heterocycles. The van der Waals surface area contributed by atoms with Gasteiger partial charge in [-0.15, -0.1) is 0 Å². The largest absolute Gasteiger partial charge is 0.356 e. The summed E-state index contributed by atoms with van der Waals surface area (Å²) < 4.78 is 0. The van der Waals surface area contributed by atoms with E-state index in [2.05, 4.69) is 34.9 Å². The molecular formula is C18H26N2O2. The van der Waals surface area contributed by atoms with Gasteiger partial charge >= 0.3 is 0 Å². The van der Waals surface area contributed by atoms with Crippen molar-refractivity contribution in [2.45, 2.75) is 50.9 Å². The molecule has 0 unspecified atom stereocenters. The Bertz CT molecular complexity index is 495. The average molecular weight is 302 g/mol. The van der Waals surface area contributed by atoms with Crippen LogP contribution in [0.4, 0.5) is 0 Å². The van der Waals surface area contributed by atoms with Crippen LogP contribution in [0.1, 0.15) is 51.0 Å². The van der Waals surface area contributed by atoms with Gasteiger partial charge in [-0.05, 0) is 31.2 Å². The molecule has 0 aromatic heterocycles. The van der Waals surface area contributed by atoms with Crippen molar-refractivity contribution in [2.24, 2.45) is 0 Å². The predicted octanol–water partition coefficient (Wildman–Crippen LogP) is 2.53. The normalized spacial score (nSPS) is 15.1. The summed E-state index contributed by atoms with van der Waals surface area (Å²) in [7, 11) is 0. The van der Waals surface area contributed by atoms with Crippen LogP contribution in [-0.2, 0) is 15.0 Å². The van der Waals surface area contributed by atoms with Gasteiger partial charge in [-0.3, -0.25) is 9.59 Å². The zero-order valence-corrected chi connectivity index (χ0v) is 13.4. The minimum atomic E-state index is 0.00777. The Morgan fingerprint density at radius 3 is 2.41 bits per heavy atom. The summed E-state index contributed by atoms with van der Waals surface area (Å²) in [6, 6.07) is 10.5. The lowest BCUT2D eigenvalue weighted by Crippen LogP contribution is -2.32. The van der Waals surface area contributed by atoms with E-state index in [0.29, 0.717) is 13.0 Å². The molecule has 2 rings (SSSR count). The van der Waals surface area contributed by atoms with Gasteiger partial charge in [-0.2, -0.15) is 0 Å². The number of nitrogens with one attached hydrogen (secondary N) is 2. The van der Waals surface area contributed by atoms with Gasteiger partial charge in [0, 0.05) is 31.8 Å². The van der Waals surface area contributed by atoms with Crippen LogP contribution in [0, 0.1) is 0 Å². The van der Waals surface area contributed by atoms with Gasteiger partial charge in [0.25, 0.3) is 0 Å². The number of rotatable bonds is 9. The molecule has 1 aromatic carbocycles. The zero-order valence-electron chi connectivity index (χ0n) is 13.4. The van der Waals surface area contributed by atoms with E-state index in [9.17, 15) is 9.59 Å². The monoisotopic (exact) mass is 302 g/mol. The van der Waals surface area contributed by atoms with Crippen molar-refractivity contribution in [1.82, 2.24) is 10.6 Å². The molecule has 1 aliphatic rings. The number of amides is 2. The number of carbonyl (C=O) groups excluding carboxylic acids is 2. The topological polar surface area (TPSA) is 58.2 Å². The number of unbranched alkanes of at least 4 members (excludes halogenated alkanes) is 2. The van der Waals surface area contributed by atoms with E-state index >= 15 is 0 Å². The summed E-state index contributed by atoms with van der Waals surface area (Å²) in [5, 5.41) is 5.85. The van der Waals surface area contributed by atoms with Crippen LogP contribution in [0.15, 0.2) is 30.3 Å². The summed E-state index contributed by atoms with van der Waals surface area (Å²) in [5.41, 5.74) is 1.52. The van der Waals surface area contributed by atoms with E-state index in [4.69, 9.17) is 0 Å². The van der Waals surface area contributed by atoms with Crippen LogP contribution in [0.5, 0.6) is 0 Å². The second-order valence-electron chi connectivity index (χ2n) is 6.22. The highest BCUT2D eigenvalue weighted by Crippen LogP contribution is 2.47. The second kappa shape index (κ2) is 7.97. The van der Waals surface area contributed by atoms with E-state index in [1.165, 1.54) is 12.5 Å². The molecule has 1 aliphatic carbocycles. The fourth-order valence-electron chi connectivity index (χ4n) is 2.72. The lowest BCUT2D eigenvalue weighted by molar-refractivity contribution is -0.121. The van der Waals surface area contributed by atoms with Gasteiger partial charge in [-0.25, -0.2) is 0 Å². The Kier molecular flexibility index (Phi) is 5.99. The molecule has 1 aromatic rings. The summed E-state index contributed by atoms with van der Waals surface area (Å²) >= 11 is 0. The molecule has 1 saturated carbocycles. The smallest absolute Gasteiger partial charge is 0.220 e. The van der Waals surface area contributed by atoms with E-state index in [1.807, 2.05) is 6.07 Å². The first-order chi connectivity index (χ1) is 10.6. The third-order valence-electron chi connectivity index (χ3n) is 4.32. The van der Waals surface area contributed by atoms with Gasteiger partial charge in [0.2, 0.25) is 11.8 Å². The van der Waals surface area contributed by atoms with Gasteiger partial charge in [0.05, 0.1) is 0 Å². The van der Waals surface area contributed by atoms with Crippen LogP contribution in [0.2, 0.25) is 0 Å². The maximum absolute atomic E-state index is 11.9. The summed E-state index contributed by atoms with van der Waals surface area (Å²) in [6.45, 7) is 2.98. The third-order valence-corrected chi connectivity index (χ3v) is 4.32. The average Bonchev–Trinajstić information content (AvgIpc) is 3.30. The molecule has 0 radical (unpaired) electrons. The Balaban J connectivity index is 1.59. The maximum atomic E-state index is 11.9. The lowest BCUT2D eigenvalue weighted by atomic mass is 9.96. The molecule has 0 saturated heterocycles. The highest BCUT2D eigenvalue weighted by Gasteiger charge is 2.44. The first-order valence-electron chi connectivity index (χ1n) is 8.19. The van der Waals surface area contributed by atoms with Gasteiger partial charge in [0.1, 0.15) is 0 Å². The van der Waals surface area contributed by atoms with Crippen molar-refractivity contribution in [1.29, 1.82) is 0 Å². The van der Waals surface area contributed by atoms with E-state index in [0.717, 1.165) is 38.6 Å². The molecule has 4 heteroatoms. The highest BCUT2D eigenvalue weighted by molar-refractivity contribution is 5.76. The Morgan fingerprint density at radius 1 is 1.05 bits per heavy atom. The minimum absolute atomic E-state index is 0.00777. The summed E-state index contributed by atoms with van der Waals surface area (Å²) in [6.07, 6.45) is 5.68. The highest BCUT2D eigenvalue weighted by atomic mass is 16.2. The van der Waals surface area contributed by atoms with Crippen molar-refractivity contribution in [3.63, 3.8) is 0 Å². The molecule has 22 heavy (non-hydrogen) atoms. The van der Waals surface area contributed by atoms with Crippen molar-refractivity contribution >= 4 is 11.8 Å². The fraction of sp³-hybridized carbons (Fsp3) is 0.556. The third kappa shape index (κ3) is 5.17. The predicted molar refractivity (Wildman–Crippen MR) is 87.5 cm³/mol. The van der Waals surface area contributed by atoms with Gasteiger partial charge in [0.15, 0.2) is 0 Å². The Hall–Kier alpha value is -1.84. The van der Waals surface area contributed by atoms with Crippen LogP contribution in [0.3, 0.4) is 0 Å². The molecule has 4 nitrogen and oxygen atoms in total. The number of carbonyl (C=O) groups is 2. The Morgan fingerprint density at radius 2 is 1.77 bits per heavy atom. The minimum Gasteiger partial charge on any atom is -0.356 e. The number of hydrogen-bond acceptors (Lipinski definition) is 2. The van der Waals surface area contributed by atoms with Crippen molar-refractivity contribution in [2.75, 3.05) is 13.1 Å². The molecule has 1 fully saturated rings. The van der Waals surface area contributed by atoms with E-state index in [1.54, 1.807) is 0 Å². The SMILES string of the molecule is CC(=O)NCCCCCC(=O)NCC1(c2ccccc2)CC1. The number of benzene rings is 1. The molecule has 0 spiro atoms. The van der Waals surface area contributed by atoms with Crippen LogP contribution >= 0.6 is 0 Å². The van der Waals surface area contributed by atoms with Crippen molar-refractivity contribution < 1.29 is 9.59 Å². The molecule has 120 valence electrons. The van der Waals surface area contributed by atoms with Crippen molar-refractivity contribution in [3.05, 3.63) is 35.9 Å². The standard InChI is InChI=1S/C18H26N2O2/c1-15(21)19-13-7-3-6-10-17(22)20-14-18(11-12-18)16-8-4-2-5-9-16/h2,4-5,8-9H,3,6-7,10-14H2,1H3,(H,19,21)(H,20,22). The number of hydrogen-bond donors (Lipinski definition) is 2. The van der Waals surface area contributed by atoms with Gasteiger partial charge < -0.3 is 10.6 Å². The van der Waals surface area contributed by atoms with Crippen LogP contribution < -0.4 is 10.6 Å². The molecule has 0 bridgehead atoms. The quantitative estimate of drug-likeness (QED) is 0.689. The molecular weight excluding hydrogens is 276 g/mol. The first-order valence-corrected chi connectivity index (χ1v) is 8.19. The van der Waals surface area contributed by atoms with E-state index in [-0.39, 0.29) is 17.2 Å². The van der Waals surface area contributed by atoms with Gasteiger partial charge in [-0.1, -0.05) is 36.8 Å². The molecule has 2 N–H and O–H groups in total. The zero-order chi connectivity index (χ0) is 15.8. The lowest BCUT2D eigenvalue weighted by Gasteiger charge is -2.16. The second-order valence-corrected chi connectivity index (χ2v) is 6.22.